The molecular formula is C25H27NO6S2. The second kappa shape index (κ2) is 9.97. The van der Waals surface area contributed by atoms with Gasteiger partial charge in [0.15, 0.2) is 0 Å². The van der Waals surface area contributed by atoms with E-state index in [0.717, 1.165) is 16.7 Å². The molecule has 180 valence electrons. The summed E-state index contributed by atoms with van der Waals surface area (Å²) >= 11 is 0. The summed E-state index contributed by atoms with van der Waals surface area (Å²) < 4.78 is 64.1. The van der Waals surface area contributed by atoms with E-state index >= 15 is 0 Å². The van der Waals surface area contributed by atoms with Gasteiger partial charge in [-0.2, -0.15) is 12.7 Å². The molecule has 3 aromatic rings. The van der Waals surface area contributed by atoms with Crippen molar-refractivity contribution in [1.29, 1.82) is 0 Å². The van der Waals surface area contributed by atoms with Crippen LogP contribution in [0.1, 0.15) is 16.7 Å². The van der Waals surface area contributed by atoms with Crippen molar-refractivity contribution >= 4 is 20.1 Å². The first kappa shape index (κ1) is 24.6. The molecule has 1 unspecified atom stereocenters. The molecule has 3 aromatic carbocycles. The predicted octanol–water partition coefficient (Wildman–Crippen LogP) is 3.67. The van der Waals surface area contributed by atoms with Crippen molar-refractivity contribution in [3.63, 3.8) is 0 Å². The van der Waals surface area contributed by atoms with Gasteiger partial charge in [-0.1, -0.05) is 65.7 Å². The Morgan fingerprint density at radius 2 is 1.24 bits per heavy atom. The van der Waals surface area contributed by atoms with Crippen molar-refractivity contribution in [2.24, 2.45) is 0 Å². The Labute approximate surface area is 201 Å². The highest BCUT2D eigenvalue weighted by molar-refractivity contribution is 7.89. The molecule has 0 amide bonds. The minimum Gasteiger partial charge on any atom is -0.375 e. The third kappa shape index (κ3) is 5.56. The fourth-order valence-corrected chi connectivity index (χ4v) is 6.38. The van der Waals surface area contributed by atoms with Crippen LogP contribution in [0.5, 0.6) is 0 Å². The van der Waals surface area contributed by atoms with Crippen molar-refractivity contribution in [3.05, 3.63) is 95.6 Å². The van der Waals surface area contributed by atoms with E-state index in [4.69, 9.17) is 8.92 Å². The molecular weight excluding hydrogens is 474 g/mol. The number of ether oxygens (including phenoxy) is 1. The van der Waals surface area contributed by atoms with Gasteiger partial charge in [-0.05, 0) is 43.7 Å². The zero-order chi connectivity index (χ0) is 24.3. The average Bonchev–Trinajstić information content (AvgIpc) is 3.53. The molecule has 1 heterocycles. The van der Waals surface area contributed by atoms with Crippen molar-refractivity contribution in [2.75, 3.05) is 13.2 Å². The minimum absolute atomic E-state index is 0.0311. The second-order valence-corrected chi connectivity index (χ2v) is 11.8. The summed E-state index contributed by atoms with van der Waals surface area (Å²) in [7, 11) is -7.86. The van der Waals surface area contributed by atoms with Gasteiger partial charge in [0.25, 0.3) is 10.1 Å². The topological polar surface area (TPSA) is 89.8 Å². The standard InChI is InChI=1S/C25H27NO6S2/c1-19-8-12-22(13-9-19)33(27,28)26-24(17-31-16-21-6-4-3-5-7-21)25(26)18-32-34(29,30)23-14-10-20(2)11-15-23/h3-15,24-25H,16-18H2,1-2H3/t24-,25-,26?/m0/s1. The largest absolute Gasteiger partial charge is 0.375 e. The van der Waals surface area contributed by atoms with Crippen LogP contribution in [0.3, 0.4) is 0 Å². The van der Waals surface area contributed by atoms with Gasteiger partial charge in [-0.15, -0.1) is 0 Å². The van der Waals surface area contributed by atoms with Crippen molar-refractivity contribution < 1.29 is 25.8 Å². The van der Waals surface area contributed by atoms with Gasteiger partial charge in [0.2, 0.25) is 10.0 Å². The molecule has 9 heteroatoms. The lowest BCUT2D eigenvalue weighted by atomic mass is 10.2. The molecule has 0 aliphatic carbocycles. The Morgan fingerprint density at radius 1 is 0.706 bits per heavy atom. The van der Waals surface area contributed by atoms with E-state index in [1.807, 2.05) is 44.2 Å². The summed E-state index contributed by atoms with van der Waals surface area (Å²) in [5.74, 6) is 0. The molecule has 0 radical (unpaired) electrons. The van der Waals surface area contributed by atoms with Crippen LogP contribution in [-0.4, -0.2) is 46.4 Å². The van der Waals surface area contributed by atoms with Crippen LogP contribution in [0, 0.1) is 13.8 Å². The highest BCUT2D eigenvalue weighted by Gasteiger charge is 2.56. The molecule has 4 rings (SSSR count). The molecule has 1 saturated heterocycles. The first-order chi connectivity index (χ1) is 16.2. The van der Waals surface area contributed by atoms with Crippen molar-refractivity contribution in [1.82, 2.24) is 4.31 Å². The summed E-state index contributed by atoms with van der Waals surface area (Å²) in [5.41, 5.74) is 2.83. The van der Waals surface area contributed by atoms with E-state index < -0.39 is 32.2 Å². The van der Waals surface area contributed by atoms with Crippen molar-refractivity contribution in [3.8, 4) is 0 Å². The predicted molar refractivity (Wildman–Crippen MR) is 128 cm³/mol. The van der Waals surface area contributed by atoms with Crippen LogP contribution >= 0.6 is 0 Å². The zero-order valence-corrected chi connectivity index (χ0v) is 20.6. The van der Waals surface area contributed by atoms with Crippen LogP contribution in [-0.2, 0) is 35.7 Å². The normalized spacial score (nSPS) is 20.2. The Bertz CT molecular complexity index is 1320. The van der Waals surface area contributed by atoms with Crippen molar-refractivity contribution in [2.45, 2.75) is 42.3 Å². The molecule has 0 spiro atoms. The van der Waals surface area contributed by atoms with E-state index in [2.05, 4.69) is 0 Å². The number of sulfonamides is 1. The fraction of sp³-hybridized carbons (Fsp3) is 0.280. The van der Waals surface area contributed by atoms with Gasteiger partial charge >= 0.3 is 0 Å². The Balaban J connectivity index is 1.48. The number of benzene rings is 3. The molecule has 1 aliphatic rings. The first-order valence-corrected chi connectivity index (χ1v) is 13.7. The molecule has 0 saturated carbocycles. The highest BCUT2D eigenvalue weighted by atomic mass is 32.2. The van der Waals surface area contributed by atoms with Crippen LogP contribution in [0.25, 0.3) is 0 Å². The summed E-state index contributed by atoms with van der Waals surface area (Å²) in [4.78, 5) is 0.179. The van der Waals surface area contributed by atoms with Gasteiger partial charge < -0.3 is 4.74 Å². The molecule has 1 aliphatic heterocycles. The number of rotatable bonds is 10. The number of aryl methyl sites for hydroxylation is 2. The number of nitrogens with zero attached hydrogens (tertiary/aromatic N) is 1. The molecule has 7 nitrogen and oxygen atoms in total. The molecule has 34 heavy (non-hydrogen) atoms. The molecule has 3 atom stereocenters. The van der Waals surface area contributed by atoms with Crippen LogP contribution in [0.2, 0.25) is 0 Å². The minimum atomic E-state index is -4.02. The quantitative estimate of drug-likeness (QED) is 0.311. The summed E-state index contributed by atoms with van der Waals surface area (Å²) in [6.07, 6.45) is 0. The third-order valence-electron chi connectivity index (χ3n) is 5.71. The summed E-state index contributed by atoms with van der Waals surface area (Å²) in [5, 5.41) is 0. The Kier molecular flexibility index (Phi) is 7.20. The molecule has 0 aromatic heterocycles. The van der Waals surface area contributed by atoms with Crippen LogP contribution < -0.4 is 0 Å². The number of hydrogen-bond donors (Lipinski definition) is 0. The van der Waals surface area contributed by atoms with E-state index in [1.165, 1.54) is 16.4 Å². The molecule has 0 bridgehead atoms. The van der Waals surface area contributed by atoms with E-state index in [1.54, 1.807) is 36.4 Å². The highest BCUT2D eigenvalue weighted by Crippen LogP contribution is 2.37. The molecule has 1 fully saturated rings. The monoisotopic (exact) mass is 501 g/mol. The fourth-order valence-electron chi connectivity index (χ4n) is 3.67. The maximum Gasteiger partial charge on any atom is 0.297 e. The Morgan fingerprint density at radius 3 is 1.82 bits per heavy atom. The van der Waals surface area contributed by atoms with Crippen LogP contribution in [0.4, 0.5) is 0 Å². The lowest BCUT2D eigenvalue weighted by molar-refractivity contribution is 0.117. The van der Waals surface area contributed by atoms with Gasteiger partial charge in [0.05, 0.1) is 41.7 Å². The van der Waals surface area contributed by atoms with Gasteiger partial charge in [-0.3, -0.25) is 4.18 Å². The zero-order valence-electron chi connectivity index (χ0n) is 19.0. The van der Waals surface area contributed by atoms with Gasteiger partial charge in [0, 0.05) is 0 Å². The summed E-state index contributed by atoms with van der Waals surface area (Å²) in [6.45, 7) is 3.89. The maximum absolute atomic E-state index is 13.3. The third-order valence-corrected chi connectivity index (χ3v) is 8.97. The molecule has 0 N–H and O–H groups in total. The smallest absolute Gasteiger partial charge is 0.297 e. The first-order valence-electron chi connectivity index (χ1n) is 10.9. The van der Waals surface area contributed by atoms with Crippen LogP contribution in [0.15, 0.2) is 88.7 Å². The van der Waals surface area contributed by atoms with E-state index in [0.29, 0.717) is 6.61 Å². The number of hydrogen-bond acceptors (Lipinski definition) is 6. The SMILES string of the molecule is Cc1ccc(S(=O)(=O)OC[C@H]2[C@H](COCc3ccccc3)N2S(=O)(=O)c2ccc(C)cc2)cc1. The average molecular weight is 502 g/mol. The van der Waals surface area contributed by atoms with Gasteiger partial charge in [0.1, 0.15) is 0 Å². The summed E-state index contributed by atoms with van der Waals surface area (Å²) in [6, 6.07) is 21.2. The Hall–Kier alpha value is -2.56. The lowest BCUT2D eigenvalue weighted by Crippen LogP contribution is -2.19. The second-order valence-electron chi connectivity index (χ2n) is 8.34. The lowest BCUT2D eigenvalue weighted by Gasteiger charge is -2.08. The van der Waals surface area contributed by atoms with Gasteiger partial charge in [-0.25, -0.2) is 8.42 Å². The maximum atomic E-state index is 13.3. The van der Waals surface area contributed by atoms with E-state index in [-0.39, 0.29) is 23.0 Å². The van der Waals surface area contributed by atoms with E-state index in [9.17, 15) is 16.8 Å².